The van der Waals surface area contributed by atoms with Crippen LogP contribution in [-0.4, -0.2) is 30.5 Å². The van der Waals surface area contributed by atoms with Gasteiger partial charge in [-0.2, -0.15) is 0 Å². The molecule has 3 rings (SSSR count). The third-order valence-electron chi connectivity index (χ3n) is 5.23. The van der Waals surface area contributed by atoms with Crippen LogP contribution in [0.15, 0.2) is 65.7 Å². The number of hydrogen-bond donors (Lipinski definition) is 1. The van der Waals surface area contributed by atoms with Gasteiger partial charge in [-0.3, -0.25) is 4.79 Å². The van der Waals surface area contributed by atoms with Gasteiger partial charge in [0, 0.05) is 12.8 Å². The van der Waals surface area contributed by atoms with E-state index in [1.165, 1.54) is 11.1 Å². The second-order valence-electron chi connectivity index (χ2n) is 7.21. The number of aliphatic imine (C=N–C) groups is 1. The van der Waals surface area contributed by atoms with Crippen LogP contribution >= 0.6 is 0 Å². The molecular formula is C23H28N2O2. The van der Waals surface area contributed by atoms with Gasteiger partial charge in [0.25, 0.3) is 0 Å². The standard InChI is InChI=1S/C23H28N2O2/c1-4-16(2)22(24-17(3)26)23-25-20(15-27-23)21(18-11-7-5-8-12-18)19-13-9-6-10-14-19/h5-14,16,20-22H,4,15H2,1-3H3,(H,24,26)/t16-,20?,22-/m0/s1. The molecule has 2 aromatic carbocycles. The molecule has 142 valence electrons. The molecule has 4 heteroatoms. The Labute approximate surface area is 161 Å². The summed E-state index contributed by atoms with van der Waals surface area (Å²) in [5, 5.41) is 3.02. The van der Waals surface area contributed by atoms with Gasteiger partial charge < -0.3 is 10.1 Å². The highest BCUT2D eigenvalue weighted by Crippen LogP contribution is 2.32. The normalized spacial score (nSPS) is 18.5. The molecule has 2 aromatic rings. The largest absolute Gasteiger partial charge is 0.477 e. The molecule has 0 saturated carbocycles. The van der Waals surface area contributed by atoms with E-state index in [1.54, 1.807) is 6.92 Å². The molecular weight excluding hydrogens is 336 g/mol. The molecule has 0 aliphatic carbocycles. The average molecular weight is 364 g/mol. The molecule has 1 amide bonds. The number of benzene rings is 2. The van der Waals surface area contributed by atoms with Crippen molar-refractivity contribution in [2.45, 2.75) is 45.2 Å². The van der Waals surface area contributed by atoms with E-state index in [-0.39, 0.29) is 29.8 Å². The summed E-state index contributed by atoms with van der Waals surface area (Å²) in [4.78, 5) is 16.6. The zero-order chi connectivity index (χ0) is 19.2. The molecule has 3 atom stereocenters. The quantitative estimate of drug-likeness (QED) is 0.802. The predicted octanol–water partition coefficient (Wildman–Crippen LogP) is 4.17. The van der Waals surface area contributed by atoms with Crippen molar-refractivity contribution in [3.63, 3.8) is 0 Å². The maximum absolute atomic E-state index is 11.7. The van der Waals surface area contributed by atoms with E-state index in [4.69, 9.17) is 9.73 Å². The summed E-state index contributed by atoms with van der Waals surface area (Å²) in [6.07, 6.45) is 0.943. The topological polar surface area (TPSA) is 50.7 Å². The molecule has 0 aromatic heterocycles. The second-order valence-corrected chi connectivity index (χ2v) is 7.21. The molecule has 0 radical (unpaired) electrons. The van der Waals surface area contributed by atoms with Gasteiger partial charge in [0.05, 0.1) is 6.04 Å². The van der Waals surface area contributed by atoms with Gasteiger partial charge in [0.1, 0.15) is 12.6 Å². The summed E-state index contributed by atoms with van der Waals surface area (Å²) in [7, 11) is 0. The van der Waals surface area contributed by atoms with Crippen molar-refractivity contribution in [2.75, 3.05) is 6.61 Å². The summed E-state index contributed by atoms with van der Waals surface area (Å²) in [6, 6.07) is 20.7. The average Bonchev–Trinajstić information content (AvgIpc) is 3.16. The summed E-state index contributed by atoms with van der Waals surface area (Å²) in [5.74, 6) is 0.984. The SMILES string of the molecule is CC[C@H](C)[C@H](NC(C)=O)C1=NC(C(c2ccccc2)c2ccccc2)CO1. The Bertz CT molecular complexity index is 734. The predicted molar refractivity (Wildman–Crippen MR) is 109 cm³/mol. The second kappa shape index (κ2) is 8.85. The molecule has 0 fully saturated rings. The van der Waals surface area contributed by atoms with Crippen molar-refractivity contribution in [3.8, 4) is 0 Å². The van der Waals surface area contributed by atoms with E-state index in [1.807, 2.05) is 12.1 Å². The summed E-state index contributed by atoms with van der Waals surface area (Å²) in [5.41, 5.74) is 2.45. The summed E-state index contributed by atoms with van der Waals surface area (Å²) in [6.45, 7) is 6.30. The number of rotatable bonds is 7. The van der Waals surface area contributed by atoms with Gasteiger partial charge >= 0.3 is 0 Å². The first-order valence-corrected chi connectivity index (χ1v) is 9.67. The Morgan fingerprint density at radius 2 is 1.67 bits per heavy atom. The van der Waals surface area contributed by atoms with Gasteiger partial charge in [0.2, 0.25) is 11.8 Å². The minimum Gasteiger partial charge on any atom is -0.477 e. The smallest absolute Gasteiger partial charge is 0.217 e. The molecule has 0 saturated heterocycles. The van der Waals surface area contributed by atoms with Crippen LogP contribution in [0.25, 0.3) is 0 Å². The highest BCUT2D eigenvalue weighted by Gasteiger charge is 2.34. The number of carbonyl (C=O) groups is 1. The van der Waals surface area contributed by atoms with Crippen LogP contribution in [0.5, 0.6) is 0 Å². The Morgan fingerprint density at radius 3 is 2.15 bits per heavy atom. The number of amides is 1. The van der Waals surface area contributed by atoms with Crippen LogP contribution in [-0.2, 0) is 9.53 Å². The van der Waals surface area contributed by atoms with Crippen LogP contribution < -0.4 is 5.32 Å². The first-order chi connectivity index (χ1) is 13.1. The van der Waals surface area contributed by atoms with Gasteiger partial charge in [-0.1, -0.05) is 80.9 Å². The fraction of sp³-hybridized carbons (Fsp3) is 0.391. The third-order valence-corrected chi connectivity index (χ3v) is 5.23. The summed E-state index contributed by atoms with van der Waals surface area (Å²) >= 11 is 0. The minimum atomic E-state index is -0.176. The molecule has 1 aliphatic rings. The van der Waals surface area contributed by atoms with Gasteiger partial charge in [0.15, 0.2) is 0 Å². The fourth-order valence-corrected chi connectivity index (χ4v) is 3.61. The van der Waals surface area contributed by atoms with Crippen molar-refractivity contribution in [2.24, 2.45) is 10.9 Å². The highest BCUT2D eigenvalue weighted by molar-refractivity contribution is 5.88. The lowest BCUT2D eigenvalue weighted by molar-refractivity contribution is -0.119. The summed E-state index contributed by atoms with van der Waals surface area (Å²) < 4.78 is 6.01. The fourth-order valence-electron chi connectivity index (χ4n) is 3.61. The number of nitrogens with zero attached hydrogens (tertiary/aromatic N) is 1. The van der Waals surface area contributed by atoms with Crippen molar-refractivity contribution in [1.82, 2.24) is 5.32 Å². The van der Waals surface area contributed by atoms with Crippen LogP contribution in [0.3, 0.4) is 0 Å². The molecule has 1 unspecified atom stereocenters. The molecule has 1 N–H and O–H groups in total. The Morgan fingerprint density at radius 1 is 1.11 bits per heavy atom. The van der Waals surface area contributed by atoms with Crippen molar-refractivity contribution in [1.29, 1.82) is 0 Å². The molecule has 1 aliphatic heterocycles. The Balaban J connectivity index is 1.93. The van der Waals surface area contributed by atoms with Crippen LogP contribution in [0, 0.1) is 5.92 Å². The van der Waals surface area contributed by atoms with E-state index in [0.29, 0.717) is 12.5 Å². The molecule has 0 spiro atoms. The monoisotopic (exact) mass is 364 g/mol. The number of hydrogen-bond acceptors (Lipinski definition) is 3. The first-order valence-electron chi connectivity index (χ1n) is 9.67. The van der Waals surface area contributed by atoms with E-state index < -0.39 is 0 Å². The highest BCUT2D eigenvalue weighted by atomic mass is 16.5. The lowest BCUT2D eigenvalue weighted by Crippen LogP contribution is -2.44. The van der Waals surface area contributed by atoms with E-state index >= 15 is 0 Å². The van der Waals surface area contributed by atoms with Gasteiger partial charge in [-0.05, 0) is 17.0 Å². The van der Waals surface area contributed by atoms with Crippen molar-refractivity contribution in [3.05, 3.63) is 71.8 Å². The lowest BCUT2D eigenvalue weighted by Gasteiger charge is -2.22. The number of ether oxygens (including phenoxy) is 1. The molecule has 0 bridgehead atoms. The Hall–Kier alpha value is -2.62. The van der Waals surface area contributed by atoms with E-state index in [0.717, 1.165) is 6.42 Å². The van der Waals surface area contributed by atoms with Crippen LogP contribution in [0.4, 0.5) is 0 Å². The zero-order valence-electron chi connectivity index (χ0n) is 16.3. The van der Waals surface area contributed by atoms with Crippen molar-refractivity contribution >= 4 is 11.8 Å². The van der Waals surface area contributed by atoms with Crippen LogP contribution in [0.1, 0.15) is 44.2 Å². The number of nitrogens with one attached hydrogen (secondary N) is 1. The van der Waals surface area contributed by atoms with E-state index in [9.17, 15) is 4.79 Å². The van der Waals surface area contributed by atoms with Gasteiger partial charge in [-0.25, -0.2) is 4.99 Å². The lowest BCUT2D eigenvalue weighted by atomic mass is 9.86. The van der Waals surface area contributed by atoms with Crippen LogP contribution in [0.2, 0.25) is 0 Å². The Kier molecular flexibility index (Phi) is 6.28. The van der Waals surface area contributed by atoms with Crippen molar-refractivity contribution < 1.29 is 9.53 Å². The third kappa shape index (κ3) is 4.57. The molecule has 4 nitrogen and oxygen atoms in total. The first kappa shape index (κ1) is 19.2. The maximum Gasteiger partial charge on any atom is 0.217 e. The maximum atomic E-state index is 11.7. The van der Waals surface area contributed by atoms with E-state index in [2.05, 4.69) is 67.7 Å². The molecule has 1 heterocycles. The van der Waals surface area contributed by atoms with Gasteiger partial charge in [-0.15, -0.1) is 0 Å². The minimum absolute atomic E-state index is 0.00915. The number of carbonyl (C=O) groups excluding carboxylic acids is 1. The zero-order valence-corrected chi connectivity index (χ0v) is 16.3. The molecule has 27 heavy (non-hydrogen) atoms.